The highest BCUT2D eigenvalue weighted by Crippen LogP contribution is 2.36. The molecule has 0 aliphatic heterocycles. The van der Waals surface area contributed by atoms with E-state index in [1.807, 2.05) is 0 Å². The average Bonchev–Trinajstić information content (AvgIpc) is 3.03. The Balaban J connectivity index is 1.69. The van der Waals surface area contributed by atoms with E-state index < -0.39 is 5.60 Å². The molecule has 3 nitrogen and oxygen atoms in total. The van der Waals surface area contributed by atoms with Crippen molar-refractivity contribution in [1.82, 2.24) is 9.78 Å². The van der Waals surface area contributed by atoms with Gasteiger partial charge in [0.05, 0.1) is 17.3 Å². The van der Waals surface area contributed by atoms with Crippen LogP contribution in [-0.4, -0.2) is 20.5 Å². The van der Waals surface area contributed by atoms with Gasteiger partial charge in [-0.15, -0.1) is 0 Å². The molecular weight excluding hydrogens is 236 g/mol. The van der Waals surface area contributed by atoms with E-state index in [9.17, 15) is 5.11 Å². The van der Waals surface area contributed by atoms with Gasteiger partial charge in [0, 0.05) is 12.6 Å². The van der Waals surface area contributed by atoms with Gasteiger partial charge < -0.3 is 5.11 Å². The van der Waals surface area contributed by atoms with Crippen molar-refractivity contribution in [3.8, 4) is 0 Å². The van der Waals surface area contributed by atoms with Gasteiger partial charge in [0.25, 0.3) is 0 Å². The van der Waals surface area contributed by atoms with E-state index in [2.05, 4.69) is 23.9 Å². The first-order valence-corrected chi connectivity index (χ1v) is 7.94. The molecule has 1 aromatic heterocycles. The Kier molecular flexibility index (Phi) is 3.66. The molecule has 2 fully saturated rings. The van der Waals surface area contributed by atoms with Gasteiger partial charge >= 0.3 is 0 Å². The van der Waals surface area contributed by atoms with E-state index >= 15 is 0 Å². The van der Waals surface area contributed by atoms with Crippen molar-refractivity contribution < 1.29 is 5.11 Å². The van der Waals surface area contributed by atoms with Crippen LogP contribution in [0.1, 0.15) is 70.0 Å². The normalized spacial score (nSPS) is 32.8. The van der Waals surface area contributed by atoms with Gasteiger partial charge in [-0.05, 0) is 37.7 Å². The number of hydrogen-bond donors (Lipinski definition) is 1. The van der Waals surface area contributed by atoms with Gasteiger partial charge in [-0.1, -0.05) is 32.6 Å². The van der Waals surface area contributed by atoms with Crippen LogP contribution in [-0.2, 0) is 6.42 Å². The van der Waals surface area contributed by atoms with Crippen LogP contribution >= 0.6 is 0 Å². The zero-order valence-electron chi connectivity index (χ0n) is 12.0. The number of hydrogen-bond acceptors (Lipinski definition) is 2. The number of aromatic nitrogens is 2. The Labute approximate surface area is 116 Å². The third-order valence-corrected chi connectivity index (χ3v) is 5.26. The topological polar surface area (TPSA) is 38.0 Å². The van der Waals surface area contributed by atoms with Gasteiger partial charge in [0.2, 0.25) is 0 Å². The minimum atomic E-state index is -0.521. The predicted octanol–water partition coefficient (Wildman–Crippen LogP) is 3.48. The van der Waals surface area contributed by atoms with Crippen molar-refractivity contribution in [2.75, 3.05) is 0 Å². The molecule has 2 atom stereocenters. The summed E-state index contributed by atoms with van der Waals surface area (Å²) in [6.07, 6.45) is 12.6. The molecule has 2 unspecified atom stereocenters. The summed E-state index contributed by atoms with van der Waals surface area (Å²) in [6.45, 7) is 2.19. The Morgan fingerprint density at radius 1 is 1.26 bits per heavy atom. The molecule has 0 aromatic carbocycles. The van der Waals surface area contributed by atoms with Crippen LogP contribution in [0, 0.1) is 5.92 Å². The minimum absolute atomic E-state index is 0.401. The molecule has 0 amide bonds. The second kappa shape index (κ2) is 5.28. The monoisotopic (exact) mass is 262 g/mol. The molecule has 1 aromatic rings. The first-order chi connectivity index (χ1) is 9.17. The molecule has 0 radical (unpaired) electrons. The smallest absolute Gasteiger partial charge is 0.0729 e. The number of aliphatic hydroxyl groups is 1. The number of nitrogens with zero attached hydrogens (tertiary/aromatic N) is 2. The van der Waals surface area contributed by atoms with E-state index in [1.165, 1.54) is 32.1 Å². The molecule has 0 spiro atoms. The van der Waals surface area contributed by atoms with Crippen molar-refractivity contribution in [2.45, 2.75) is 76.4 Å². The highest BCUT2D eigenvalue weighted by Gasteiger charge is 2.36. The first kappa shape index (κ1) is 13.2. The van der Waals surface area contributed by atoms with Crippen molar-refractivity contribution in [3.63, 3.8) is 0 Å². The Morgan fingerprint density at radius 3 is 2.74 bits per heavy atom. The maximum atomic E-state index is 10.8. The van der Waals surface area contributed by atoms with Crippen LogP contribution in [0.4, 0.5) is 0 Å². The molecule has 0 bridgehead atoms. The molecule has 2 aliphatic rings. The van der Waals surface area contributed by atoms with Crippen LogP contribution in [0.2, 0.25) is 0 Å². The van der Waals surface area contributed by atoms with E-state index in [0.717, 1.165) is 31.4 Å². The summed E-state index contributed by atoms with van der Waals surface area (Å²) >= 11 is 0. The van der Waals surface area contributed by atoms with E-state index in [4.69, 9.17) is 5.10 Å². The van der Waals surface area contributed by atoms with Gasteiger partial charge in [0.1, 0.15) is 0 Å². The van der Waals surface area contributed by atoms with Crippen LogP contribution in [0.15, 0.2) is 12.3 Å². The van der Waals surface area contributed by atoms with Gasteiger partial charge in [-0.2, -0.15) is 5.10 Å². The summed E-state index contributed by atoms with van der Waals surface area (Å²) in [5.41, 5.74) is 0.552. The summed E-state index contributed by atoms with van der Waals surface area (Å²) in [5.74, 6) is 0.401. The van der Waals surface area contributed by atoms with Gasteiger partial charge in [0.15, 0.2) is 0 Å². The second-order valence-corrected chi connectivity index (χ2v) is 6.65. The van der Waals surface area contributed by atoms with Crippen LogP contribution < -0.4 is 0 Å². The van der Waals surface area contributed by atoms with E-state index in [-0.39, 0.29) is 0 Å². The lowest BCUT2D eigenvalue weighted by Crippen LogP contribution is -2.41. The summed E-state index contributed by atoms with van der Waals surface area (Å²) < 4.78 is 2.14. The maximum Gasteiger partial charge on any atom is 0.0729 e. The fraction of sp³-hybridized carbons (Fsp3) is 0.812. The number of rotatable bonds is 3. The largest absolute Gasteiger partial charge is 0.389 e. The van der Waals surface area contributed by atoms with Crippen molar-refractivity contribution in [2.24, 2.45) is 5.92 Å². The van der Waals surface area contributed by atoms with Crippen LogP contribution in [0.3, 0.4) is 0 Å². The average molecular weight is 262 g/mol. The van der Waals surface area contributed by atoms with Crippen molar-refractivity contribution in [3.05, 3.63) is 18.0 Å². The fourth-order valence-corrected chi connectivity index (χ4v) is 3.82. The lowest BCUT2D eigenvalue weighted by atomic mass is 9.74. The molecular formula is C16H26N2O. The molecule has 3 heteroatoms. The van der Waals surface area contributed by atoms with Crippen molar-refractivity contribution in [1.29, 1.82) is 0 Å². The zero-order valence-corrected chi connectivity index (χ0v) is 12.0. The Hall–Kier alpha value is -0.830. The third kappa shape index (κ3) is 2.71. The van der Waals surface area contributed by atoms with Crippen LogP contribution in [0.25, 0.3) is 0 Å². The molecule has 0 saturated heterocycles. The van der Waals surface area contributed by atoms with Gasteiger partial charge in [-0.3, -0.25) is 4.68 Å². The molecule has 19 heavy (non-hydrogen) atoms. The molecule has 2 aliphatic carbocycles. The summed E-state index contributed by atoms with van der Waals surface area (Å²) in [7, 11) is 0. The Bertz CT molecular complexity index is 422. The predicted molar refractivity (Wildman–Crippen MR) is 76.0 cm³/mol. The Morgan fingerprint density at radius 2 is 2.00 bits per heavy atom. The zero-order chi connectivity index (χ0) is 13.3. The molecule has 1 heterocycles. The summed E-state index contributed by atoms with van der Waals surface area (Å²) in [6, 6.07) is 2.71. The molecule has 3 rings (SSSR count). The third-order valence-electron chi connectivity index (χ3n) is 5.26. The molecule has 2 saturated carbocycles. The van der Waals surface area contributed by atoms with E-state index in [0.29, 0.717) is 12.0 Å². The minimum Gasteiger partial charge on any atom is -0.389 e. The molecule has 106 valence electrons. The standard InChI is InChI=1S/C16H26N2O/c1-13-6-4-5-10-16(13,19)12-14-9-11-18(17-14)15-7-2-3-8-15/h9,11,13,15,19H,2-8,10,12H2,1H3. The SMILES string of the molecule is CC1CCCCC1(O)Cc1ccn(C2CCCC2)n1. The first-order valence-electron chi connectivity index (χ1n) is 7.94. The highest BCUT2D eigenvalue weighted by molar-refractivity contribution is 5.06. The van der Waals surface area contributed by atoms with E-state index in [1.54, 1.807) is 0 Å². The quantitative estimate of drug-likeness (QED) is 0.905. The summed E-state index contributed by atoms with van der Waals surface area (Å²) in [5, 5.41) is 15.5. The second-order valence-electron chi connectivity index (χ2n) is 6.65. The van der Waals surface area contributed by atoms with Gasteiger partial charge in [-0.25, -0.2) is 0 Å². The maximum absolute atomic E-state index is 10.8. The highest BCUT2D eigenvalue weighted by atomic mass is 16.3. The lowest BCUT2D eigenvalue weighted by Gasteiger charge is -2.37. The van der Waals surface area contributed by atoms with Crippen LogP contribution in [0.5, 0.6) is 0 Å². The summed E-state index contributed by atoms with van der Waals surface area (Å²) in [4.78, 5) is 0. The fourth-order valence-electron chi connectivity index (χ4n) is 3.82. The van der Waals surface area contributed by atoms with Crippen molar-refractivity contribution >= 4 is 0 Å². The lowest BCUT2D eigenvalue weighted by molar-refractivity contribution is -0.0413. The molecule has 1 N–H and O–H groups in total.